The van der Waals surface area contributed by atoms with Crippen molar-refractivity contribution in [2.24, 2.45) is 5.73 Å². The first kappa shape index (κ1) is 12.2. The first-order valence-corrected chi connectivity index (χ1v) is 5.39. The molecule has 2 aromatic carbocycles. The van der Waals surface area contributed by atoms with E-state index in [4.69, 9.17) is 5.73 Å². The van der Waals surface area contributed by atoms with Crippen LogP contribution < -0.4 is 5.73 Å². The minimum Gasteiger partial charge on any atom is -0.369 e. The van der Waals surface area contributed by atoms with Crippen LogP contribution in [0.15, 0.2) is 42.5 Å². The van der Waals surface area contributed by atoms with E-state index in [2.05, 4.69) is 0 Å². The third kappa shape index (κ3) is 2.71. The Labute approximate surface area is 103 Å². The molecular weight excluding hydrogens is 236 g/mol. The summed E-state index contributed by atoms with van der Waals surface area (Å²) in [6.45, 7) is 0. The van der Waals surface area contributed by atoms with Gasteiger partial charge in [-0.2, -0.15) is 0 Å². The van der Waals surface area contributed by atoms with Crippen LogP contribution in [0.2, 0.25) is 0 Å². The van der Waals surface area contributed by atoms with Gasteiger partial charge in [0.25, 0.3) is 0 Å². The molecule has 0 heterocycles. The fourth-order valence-corrected chi connectivity index (χ4v) is 1.81. The van der Waals surface area contributed by atoms with E-state index in [9.17, 15) is 13.6 Å². The second-order valence-corrected chi connectivity index (χ2v) is 3.95. The Kier molecular flexibility index (Phi) is 3.37. The highest BCUT2D eigenvalue weighted by molar-refractivity contribution is 5.80. The molecule has 0 bridgehead atoms. The van der Waals surface area contributed by atoms with Gasteiger partial charge in [0.15, 0.2) is 0 Å². The number of amides is 1. The van der Waals surface area contributed by atoms with Crippen LogP contribution in [0.25, 0.3) is 11.1 Å². The van der Waals surface area contributed by atoms with Gasteiger partial charge in [-0.25, -0.2) is 8.78 Å². The summed E-state index contributed by atoms with van der Waals surface area (Å²) >= 11 is 0. The second kappa shape index (κ2) is 4.96. The molecule has 0 atom stereocenters. The fourth-order valence-electron chi connectivity index (χ4n) is 1.81. The van der Waals surface area contributed by atoms with Crippen LogP contribution in [-0.4, -0.2) is 5.91 Å². The predicted octanol–water partition coefficient (Wildman–Crippen LogP) is 2.66. The molecular formula is C14H11F2NO. The average molecular weight is 247 g/mol. The smallest absolute Gasteiger partial charge is 0.221 e. The van der Waals surface area contributed by atoms with Crippen LogP contribution in [0.3, 0.4) is 0 Å². The summed E-state index contributed by atoms with van der Waals surface area (Å²) < 4.78 is 26.0. The lowest BCUT2D eigenvalue weighted by atomic mass is 9.97. The summed E-state index contributed by atoms with van der Waals surface area (Å²) in [6.07, 6.45) is -0.0511. The maximum atomic E-state index is 13.2. The topological polar surface area (TPSA) is 43.1 Å². The Balaban J connectivity index is 2.49. The van der Waals surface area contributed by atoms with Crippen molar-refractivity contribution in [3.8, 4) is 11.1 Å². The molecule has 0 unspecified atom stereocenters. The Morgan fingerprint density at radius 2 is 1.61 bits per heavy atom. The van der Waals surface area contributed by atoms with E-state index in [0.717, 1.165) is 0 Å². The molecule has 2 rings (SSSR count). The number of hydrogen-bond donors (Lipinski definition) is 1. The van der Waals surface area contributed by atoms with E-state index in [1.807, 2.05) is 0 Å². The van der Waals surface area contributed by atoms with E-state index in [1.54, 1.807) is 18.2 Å². The molecule has 0 fully saturated rings. The molecule has 0 aliphatic rings. The van der Waals surface area contributed by atoms with Crippen LogP contribution in [-0.2, 0) is 11.2 Å². The van der Waals surface area contributed by atoms with Gasteiger partial charge in [-0.3, -0.25) is 4.79 Å². The number of rotatable bonds is 3. The van der Waals surface area contributed by atoms with Gasteiger partial charge in [-0.1, -0.05) is 18.2 Å². The van der Waals surface area contributed by atoms with E-state index < -0.39 is 11.7 Å². The normalized spacial score (nSPS) is 10.3. The molecule has 0 saturated carbocycles. The molecule has 2 N–H and O–H groups in total. The SMILES string of the molecule is NC(=O)Cc1cc(F)ccc1-c1ccc(F)cc1. The summed E-state index contributed by atoms with van der Waals surface area (Å²) in [6, 6.07) is 9.90. The summed E-state index contributed by atoms with van der Waals surface area (Å²) in [5, 5.41) is 0. The molecule has 0 aliphatic carbocycles. The third-order valence-electron chi connectivity index (χ3n) is 2.59. The number of halogens is 2. The van der Waals surface area contributed by atoms with Gasteiger partial charge in [0.05, 0.1) is 6.42 Å². The van der Waals surface area contributed by atoms with E-state index in [0.29, 0.717) is 16.7 Å². The van der Waals surface area contributed by atoms with Gasteiger partial charge in [0.1, 0.15) is 11.6 Å². The van der Waals surface area contributed by atoms with Gasteiger partial charge in [0, 0.05) is 0 Å². The largest absolute Gasteiger partial charge is 0.369 e. The Bertz CT molecular complexity index is 579. The van der Waals surface area contributed by atoms with Crippen molar-refractivity contribution >= 4 is 5.91 Å². The standard InChI is InChI=1S/C14H11F2NO/c15-11-3-1-9(2-4-11)13-6-5-12(16)7-10(13)8-14(17)18/h1-7H,8H2,(H2,17,18). The summed E-state index contributed by atoms with van der Waals surface area (Å²) in [5.41, 5.74) is 7.01. The van der Waals surface area contributed by atoms with Gasteiger partial charge in [-0.05, 0) is 41.0 Å². The number of nitrogens with two attached hydrogens (primary N) is 1. The molecule has 1 amide bonds. The number of primary amides is 1. The summed E-state index contributed by atoms with van der Waals surface area (Å²) in [5.74, 6) is -1.32. The maximum absolute atomic E-state index is 13.2. The second-order valence-electron chi connectivity index (χ2n) is 3.95. The van der Waals surface area contributed by atoms with Crippen LogP contribution in [0.1, 0.15) is 5.56 Å². The molecule has 0 radical (unpaired) electrons. The van der Waals surface area contributed by atoms with Gasteiger partial charge < -0.3 is 5.73 Å². The highest BCUT2D eigenvalue weighted by atomic mass is 19.1. The van der Waals surface area contributed by atoms with E-state index in [-0.39, 0.29) is 12.2 Å². The van der Waals surface area contributed by atoms with Crippen molar-refractivity contribution in [1.82, 2.24) is 0 Å². The van der Waals surface area contributed by atoms with Crippen LogP contribution in [0, 0.1) is 11.6 Å². The van der Waals surface area contributed by atoms with Gasteiger partial charge in [0.2, 0.25) is 5.91 Å². The zero-order valence-electron chi connectivity index (χ0n) is 9.49. The lowest BCUT2D eigenvalue weighted by molar-refractivity contribution is -0.117. The molecule has 0 aromatic heterocycles. The lowest BCUT2D eigenvalue weighted by Gasteiger charge is -2.08. The Morgan fingerprint density at radius 3 is 2.22 bits per heavy atom. The highest BCUT2D eigenvalue weighted by Crippen LogP contribution is 2.25. The first-order chi connectivity index (χ1) is 8.56. The Hall–Kier alpha value is -2.23. The minimum atomic E-state index is -0.538. The van der Waals surface area contributed by atoms with Crippen LogP contribution >= 0.6 is 0 Å². The Morgan fingerprint density at radius 1 is 1.00 bits per heavy atom. The zero-order chi connectivity index (χ0) is 13.1. The zero-order valence-corrected chi connectivity index (χ0v) is 9.49. The molecule has 92 valence electrons. The molecule has 4 heteroatoms. The molecule has 0 aliphatic heterocycles. The van der Waals surface area contributed by atoms with Gasteiger partial charge >= 0.3 is 0 Å². The average Bonchev–Trinajstić information content (AvgIpc) is 2.30. The van der Waals surface area contributed by atoms with Crippen molar-refractivity contribution < 1.29 is 13.6 Å². The van der Waals surface area contributed by atoms with Crippen molar-refractivity contribution in [3.63, 3.8) is 0 Å². The first-order valence-electron chi connectivity index (χ1n) is 5.39. The summed E-state index contributed by atoms with van der Waals surface area (Å²) in [7, 11) is 0. The lowest BCUT2D eigenvalue weighted by Crippen LogP contribution is -2.14. The van der Waals surface area contributed by atoms with E-state index in [1.165, 1.54) is 24.3 Å². The number of hydrogen-bond acceptors (Lipinski definition) is 1. The molecule has 0 spiro atoms. The van der Waals surface area contributed by atoms with Crippen molar-refractivity contribution in [1.29, 1.82) is 0 Å². The quantitative estimate of drug-likeness (QED) is 0.890. The number of benzene rings is 2. The van der Waals surface area contributed by atoms with Gasteiger partial charge in [-0.15, -0.1) is 0 Å². The molecule has 18 heavy (non-hydrogen) atoms. The van der Waals surface area contributed by atoms with Crippen molar-refractivity contribution in [2.45, 2.75) is 6.42 Å². The van der Waals surface area contributed by atoms with E-state index >= 15 is 0 Å². The highest BCUT2D eigenvalue weighted by Gasteiger charge is 2.09. The molecule has 2 nitrogen and oxygen atoms in total. The molecule has 0 saturated heterocycles. The third-order valence-corrected chi connectivity index (χ3v) is 2.59. The monoisotopic (exact) mass is 247 g/mol. The van der Waals surface area contributed by atoms with Crippen LogP contribution in [0.4, 0.5) is 8.78 Å². The molecule has 2 aromatic rings. The predicted molar refractivity (Wildman–Crippen MR) is 64.7 cm³/mol. The summed E-state index contributed by atoms with van der Waals surface area (Å²) in [4.78, 5) is 11.0. The maximum Gasteiger partial charge on any atom is 0.221 e. The number of carbonyl (C=O) groups excluding carboxylic acids is 1. The van der Waals surface area contributed by atoms with Crippen molar-refractivity contribution in [2.75, 3.05) is 0 Å². The van der Waals surface area contributed by atoms with Crippen LogP contribution in [0.5, 0.6) is 0 Å². The fraction of sp³-hybridized carbons (Fsp3) is 0.0714. The number of carbonyl (C=O) groups is 1. The minimum absolute atomic E-state index is 0.0511. The van der Waals surface area contributed by atoms with Crippen molar-refractivity contribution in [3.05, 3.63) is 59.7 Å².